The molecule has 0 radical (unpaired) electrons. The van der Waals surface area contributed by atoms with Crippen LogP contribution in [0.25, 0.3) is 16.7 Å². The molecule has 1 N–H and O–H groups in total. The average Bonchev–Trinajstić information content (AvgIpc) is 2.89. The zero-order valence-electron chi connectivity index (χ0n) is 8.90. The van der Waals surface area contributed by atoms with Crippen LogP contribution >= 0.6 is 0 Å². The van der Waals surface area contributed by atoms with Crippen molar-refractivity contribution >= 4 is 5.57 Å². The van der Waals surface area contributed by atoms with Crippen molar-refractivity contribution in [3.63, 3.8) is 0 Å². The van der Waals surface area contributed by atoms with Gasteiger partial charge >= 0.3 is 0 Å². The lowest BCUT2D eigenvalue weighted by Gasteiger charge is -2.01. The van der Waals surface area contributed by atoms with Crippen LogP contribution in [0.4, 0.5) is 0 Å². The van der Waals surface area contributed by atoms with Crippen molar-refractivity contribution in [2.75, 3.05) is 0 Å². The molecular weight excluding hydrogens is 212 g/mol. The van der Waals surface area contributed by atoms with Gasteiger partial charge in [0, 0.05) is 23.5 Å². The summed E-state index contributed by atoms with van der Waals surface area (Å²) in [5.74, 6) is 0. The van der Waals surface area contributed by atoms with Crippen LogP contribution in [0.3, 0.4) is 0 Å². The fraction of sp³-hybridized carbons (Fsp3) is 0. The number of benzene rings is 1. The van der Waals surface area contributed by atoms with Gasteiger partial charge < -0.3 is 4.98 Å². The first kappa shape index (κ1) is 8.70. The first-order valence-electron chi connectivity index (χ1n) is 5.46. The lowest BCUT2D eigenvalue weighted by atomic mass is 10.0. The normalized spacial score (nSPS) is 15.8. The van der Waals surface area contributed by atoms with Gasteiger partial charge in [0.15, 0.2) is 5.43 Å². The number of hydrogen-bond donors (Lipinski definition) is 1. The standard InChI is InChI=1S/C14H8N2O/c17-14-10-7-15-5-4-8(10)6-12-13(14)9-2-1-3-11(9)16-12/h1-7,15H. The SMILES string of the molecule is O=c1c2c[nH]ccc-2cc2c1=C1C=CC=C1N=2. The van der Waals surface area contributed by atoms with Crippen LogP contribution in [0.5, 0.6) is 0 Å². The van der Waals surface area contributed by atoms with E-state index in [1.54, 1.807) is 6.20 Å². The molecule has 4 rings (SSSR count). The number of pyridine rings is 1. The third-order valence-corrected chi connectivity index (χ3v) is 3.22. The van der Waals surface area contributed by atoms with Crippen LogP contribution in [-0.2, 0) is 0 Å². The monoisotopic (exact) mass is 220 g/mol. The fourth-order valence-corrected chi connectivity index (χ4v) is 2.43. The zero-order chi connectivity index (χ0) is 11.4. The van der Waals surface area contributed by atoms with Gasteiger partial charge in [0.2, 0.25) is 0 Å². The van der Waals surface area contributed by atoms with Gasteiger partial charge in [-0.1, -0.05) is 12.2 Å². The first-order valence-corrected chi connectivity index (χ1v) is 5.46. The van der Waals surface area contributed by atoms with Gasteiger partial charge in [-0.3, -0.25) is 4.79 Å². The van der Waals surface area contributed by atoms with E-state index in [1.165, 1.54) is 0 Å². The number of aromatic nitrogens is 1. The molecule has 2 aliphatic carbocycles. The lowest BCUT2D eigenvalue weighted by Crippen LogP contribution is -2.39. The number of rotatable bonds is 0. The molecule has 0 bridgehead atoms. The molecule has 0 saturated heterocycles. The molecule has 0 atom stereocenters. The summed E-state index contributed by atoms with van der Waals surface area (Å²) in [6.45, 7) is 0. The Balaban J connectivity index is 2.36. The minimum atomic E-state index is 0.0584. The summed E-state index contributed by atoms with van der Waals surface area (Å²) in [6, 6.07) is 3.87. The third-order valence-electron chi connectivity index (χ3n) is 3.22. The summed E-state index contributed by atoms with van der Waals surface area (Å²) in [5, 5.41) is 1.52. The van der Waals surface area contributed by atoms with Crippen molar-refractivity contribution in [1.29, 1.82) is 0 Å². The van der Waals surface area contributed by atoms with Gasteiger partial charge in [-0.2, -0.15) is 0 Å². The summed E-state index contributed by atoms with van der Waals surface area (Å²) < 4.78 is 0. The van der Waals surface area contributed by atoms with Gasteiger partial charge in [0.05, 0.1) is 16.3 Å². The predicted molar refractivity (Wildman–Crippen MR) is 65.1 cm³/mol. The molecule has 0 unspecified atom stereocenters. The highest BCUT2D eigenvalue weighted by Crippen LogP contribution is 2.21. The van der Waals surface area contributed by atoms with Crippen LogP contribution in [0.15, 0.2) is 58.2 Å². The molecular formula is C14H8N2O. The smallest absolute Gasteiger partial charge is 0.197 e. The number of nitrogens with zero attached hydrogens (tertiary/aromatic N) is 1. The van der Waals surface area contributed by atoms with Gasteiger partial charge in [0.1, 0.15) is 0 Å². The molecule has 2 aliphatic heterocycles. The molecule has 0 fully saturated rings. The van der Waals surface area contributed by atoms with Gasteiger partial charge in [0.25, 0.3) is 0 Å². The summed E-state index contributed by atoms with van der Waals surface area (Å²) in [5.41, 5.74) is 3.56. The predicted octanol–water partition coefficient (Wildman–Crippen LogP) is 0.717. The van der Waals surface area contributed by atoms with E-state index in [4.69, 9.17) is 0 Å². The fourth-order valence-electron chi connectivity index (χ4n) is 2.43. The molecule has 17 heavy (non-hydrogen) atoms. The van der Waals surface area contributed by atoms with E-state index in [2.05, 4.69) is 9.98 Å². The molecule has 0 aromatic rings. The van der Waals surface area contributed by atoms with Crippen molar-refractivity contribution in [1.82, 2.24) is 4.98 Å². The van der Waals surface area contributed by atoms with Crippen LogP contribution in [0, 0.1) is 0 Å². The first-order chi connectivity index (χ1) is 8.34. The highest BCUT2D eigenvalue weighted by atomic mass is 16.1. The quantitative estimate of drug-likeness (QED) is 0.698. The Labute approximate surface area is 96.5 Å². The lowest BCUT2D eigenvalue weighted by molar-refractivity contribution is 1.26. The highest BCUT2D eigenvalue weighted by molar-refractivity contribution is 5.80. The number of aromatic amines is 1. The number of nitrogens with one attached hydrogen (secondary N) is 1. The molecule has 0 amide bonds. The van der Waals surface area contributed by atoms with Crippen LogP contribution in [0.2, 0.25) is 0 Å². The molecule has 4 aliphatic rings. The van der Waals surface area contributed by atoms with E-state index >= 15 is 0 Å². The van der Waals surface area contributed by atoms with E-state index in [0.717, 1.165) is 33.0 Å². The van der Waals surface area contributed by atoms with Gasteiger partial charge in [-0.25, -0.2) is 4.99 Å². The Morgan fingerprint density at radius 1 is 1.29 bits per heavy atom. The van der Waals surface area contributed by atoms with E-state index in [1.807, 2.05) is 36.6 Å². The number of H-pyrrole nitrogens is 1. The molecule has 2 heterocycles. The third kappa shape index (κ3) is 1.00. The van der Waals surface area contributed by atoms with Crippen molar-refractivity contribution in [2.24, 2.45) is 4.99 Å². The maximum Gasteiger partial charge on any atom is 0.197 e. The Morgan fingerprint density at radius 3 is 3.18 bits per heavy atom. The maximum absolute atomic E-state index is 12.4. The van der Waals surface area contributed by atoms with Crippen LogP contribution in [0.1, 0.15) is 0 Å². The minimum absolute atomic E-state index is 0.0584. The van der Waals surface area contributed by atoms with Crippen molar-refractivity contribution in [2.45, 2.75) is 0 Å². The molecule has 0 saturated carbocycles. The van der Waals surface area contributed by atoms with E-state index in [0.29, 0.717) is 0 Å². The summed E-state index contributed by atoms with van der Waals surface area (Å²) in [7, 11) is 0. The van der Waals surface area contributed by atoms with E-state index in [9.17, 15) is 4.79 Å². The van der Waals surface area contributed by atoms with Crippen molar-refractivity contribution in [3.8, 4) is 11.1 Å². The largest absolute Gasteiger partial charge is 0.367 e. The van der Waals surface area contributed by atoms with Crippen LogP contribution < -0.4 is 16.0 Å². The summed E-state index contributed by atoms with van der Waals surface area (Å²) in [6.07, 6.45) is 9.38. The summed E-state index contributed by atoms with van der Waals surface area (Å²) in [4.78, 5) is 19.8. The van der Waals surface area contributed by atoms with Gasteiger partial charge in [-0.15, -0.1) is 0 Å². The maximum atomic E-state index is 12.4. The van der Waals surface area contributed by atoms with E-state index < -0.39 is 0 Å². The second-order valence-electron chi connectivity index (χ2n) is 4.18. The molecule has 0 aromatic carbocycles. The molecule has 3 heteroatoms. The average molecular weight is 220 g/mol. The zero-order valence-corrected chi connectivity index (χ0v) is 8.90. The van der Waals surface area contributed by atoms with Crippen molar-refractivity contribution in [3.05, 3.63) is 69.3 Å². The number of allylic oxidation sites excluding steroid dienone is 3. The second kappa shape index (κ2) is 2.83. The summed E-state index contributed by atoms with van der Waals surface area (Å²) >= 11 is 0. The van der Waals surface area contributed by atoms with E-state index in [-0.39, 0.29) is 5.43 Å². The molecule has 0 spiro atoms. The topological polar surface area (TPSA) is 45.2 Å². The highest BCUT2D eigenvalue weighted by Gasteiger charge is 2.18. The number of hydrogen-bond acceptors (Lipinski definition) is 2. The Kier molecular flexibility index (Phi) is 1.45. The van der Waals surface area contributed by atoms with Crippen molar-refractivity contribution < 1.29 is 0 Å². The second-order valence-corrected chi connectivity index (χ2v) is 4.18. The minimum Gasteiger partial charge on any atom is -0.367 e. The molecule has 3 nitrogen and oxygen atoms in total. The Morgan fingerprint density at radius 2 is 2.24 bits per heavy atom. The molecule has 0 aromatic heterocycles. The van der Waals surface area contributed by atoms with Gasteiger partial charge in [-0.05, 0) is 23.8 Å². The van der Waals surface area contributed by atoms with Crippen LogP contribution in [-0.4, -0.2) is 4.98 Å². The number of fused-ring (bicyclic) bond motifs is 3. The Hall–Kier alpha value is -2.42. The molecule has 80 valence electrons. The Bertz CT molecular complexity index is 853.